The number of hydrogen-bond donors (Lipinski definition) is 0. The average molecular weight is 228 g/mol. The Morgan fingerprint density at radius 3 is 2.06 bits per heavy atom. The number of ketones is 1. The van der Waals surface area contributed by atoms with Crippen molar-refractivity contribution in [2.75, 3.05) is 0 Å². The van der Waals surface area contributed by atoms with Crippen LogP contribution in [0, 0.1) is 0 Å². The summed E-state index contributed by atoms with van der Waals surface area (Å²) in [5.74, 6) is -0.450. The summed E-state index contributed by atoms with van der Waals surface area (Å²) in [4.78, 5) is 11.8. The van der Waals surface area contributed by atoms with Crippen molar-refractivity contribution in [3.63, 3.8) is 0 Å². The maximum Gasteiger partial charge on any atom is 0.197 e. The molecule has 0 unspecified atom stereocenters. The van der Waals surface area contributed by atoms with Crippen molar-refractivity contribution in [1.29, 1.82) is 0 Å². The van der Waals surface area contributed by atoms with Crippen LogP contribution in [0.4, 0.5) is 4.39 Å². The third kappa shape index (κ3) is 3.00. The first-order chi connectivity index (χ1) is 8.27. The number of halogens is 1. The predicted molar refractivity (Wildman–Crippen MR) is 65.8 cm³/mol. The number of hydrogen-bond acceptors (Lipinski definition) is 1. The van der Waals surface area contributed by atoms with Gasteiger partial charge in [0.15, 0.2) is 12.0 Å². The highest BCUT2D eigenvalue weighted by Gasteiger charge is 2.18. The summed E-state index contributed by atoms with van der Waals surface area (Å²) in [6.45, 7) is 0. The van der Waals surface area contributed by atoms with Gasteiger partial charge in [-0.05, 0) is 5.56 Å². The monoisotopic (exact) mass is 228 g/mol. The molecule has 2 aromatic rings. The van der Waals surface area contributed by atoms with E-state index in [9.17, 15) is 9.18 Å². The van der Waals surface area contributed by atoms with Gasteiger partial charge in [-0.25, -0.2) is 4.39 Å². The zero-order valence-electron chi connectivity index (χ0n) is 9.34. The van der Waals surface area contributed by atoms with Gasteiger partial charge in [-0.2, -0.15) is 0 Å². The SMILES string of the molecule is O=C(c1ccccc1)[C@@H](F)Cc1ccccc1. The number of benzene rings is 2. The molecule has 17 heavy (non-hydrogen) atoms. The molecule has 0 radical (unpaired) electrons. The molecule has 0 aliphatic rings. The van der Waals surface area contributed by atoms with Crippen LogP contribution in [-0.4, -0.2) is 12.0 Å². The van der Waals surface area contributed by atoms with Gasteiger partial charge in [0.05, 0.1) is 0 Å². The van der Waals surface area contributed by atoms with Crippen molar-refractivity contribution in [2.24, 2.45) is 0 Å². The minimum atomic E-state index is -1.47. The van der Waals surface area contributed by atoms with Crippen molar-refractivity contribution in [3.05, 3.63) is 71.8 Å². The topological polar surface area (TPSA) is 17.1 Å². The lowest BCUT2D eigenvalue weighted by Crippen LogP contribution is -2.18. The summed E-state index contributed by atoms with van der Waals surface area (Å²) in [6.07, 6.45) is -1.34. The molecule has 2 rings (SSSR count). The fourth-order valence-electron chi connectivity index (χ4n) is 1.70. The van der Waals surface area contributed by atoms with E-state index in [1.165, 1.54) is 0 Å². The zero-order valence-corrected chi connectivity index (χ0v) is 9.34. The van der Waals surface area contributed by atoms with Gasteiger partial charge in [0, 0.05) is 12.0 Å². The Balaban J connectivity index is 2.06. The quantitative estimate of drug-likeness (QED) is 0.732. The number of alkyl halides is 1. The molecule has 0 saturated heterocycles. The molecule has 0 aliphatic carbocycles. The second-order valence-electron chi connectivity index (χ2n) is 3.89. The Hall–Kier alpha value is -1.96. The normalized spacial score (nSPS) is 12.1. The average Bonchev–Trinajstić information content (AvgIpc) is 2.40. The number of carbonyl (C=O) groups excluding carboxylic acids is 1. The van der Waals surface area contributed by atoms with Gasteiger partial charge in [-0.1, -0.05) is 60.7 Å². The summed E-state index contributed by atoms with van der Waals surface area (Å²) in [6, 6.07) is 17.8. The molecule has 0 heterocycles. The van der Waals surface area contributed by atoms with Crippen LogP contribution in [0.1, 0.15) is 15.9 Å². The van der Waals surface area contributed by atoms with Gasteiger partial charge >= 0.3 is 0 Å². The van der Waals surface area contributed by atoms with Crippen molar-refractivity contribution >= 4 is 5.78 Å². The van der Waals surface area contributed by atoms with E-state index in [1.54, 1.807) is 30.3 Å². The Morgan fingerprint density at radius 2 is 1.47 bits per heavy atom. The molecule has 0 saturated carbocycles. The molecule has 2 heteroatoms. The molecular formula is C15H13FO. The van der Waals surface area contributed by atoms with Crippen molar-refractivity contribution in [1.82, 2.24) is 0 Å². The number of rotatable bonds is 4. The highest BCUT2D eigenvalue weighted by atomic mass is 19.1. The Morgan fingerprint density at radius 1 is 0.941 bits per heavy atom. The summed E-state index contributed by atoms with van der Waals surface area (Å²) in [5.41, 5.74) is 1.26. The minimum absolute atomic E-state index is 0.133. The van der Waals surface area contributed by atoms with Gasteiger partial charge in [0.25, 0.3) is 0 Å². The molecule has 0 bridgehead atoms. The van der Waals surface area contributed by atoms with Crippen LogP contribution in [-0.2, 0) is 6.42 Å². The summed E-state index contributed by atoms with van der Waals surface area (Å²) in [7, 11) is 0. The fourth-order valence-corrected chi connectivity index (χ4v) is 1.70. The van der Waals surface area contributed by atoms with Gasteiger partial charge in [0.2, 0.25) is 0 Å². The molecular weight excluding hydrogens is 215 g/mol. The lowest BCUT2D eigenvalue weighted by atomic mass is 10.0. The Kier molecular flexibility index (Phi) is 3.66. The maximum absolute atomic E-state index is 13.8. The highest BCUT2D eigenvalue weighted by molar-refractivity contribution is 5.99. The van der Waals surface area contributed by atoms with Crippen LogP contribution in [0.2, 0.25) is 0 Å². The first kappa shape index (κ1) is 11.5. The number of carbonyl (C=O) groups is 1. The maximum atomic E-state index is 13.8. The van der Waals surface area contributed by atoms with E-state index >= 15 is 0 Å². The van der Waals surface area contributed by atoms with Crippen LogP contribution >= 0.6 is 0 Å². The Bertz CT molecular complexity index is 479. The molecule has 86 valence electrons. The molecule has 0 fully saturated rings. The second kappa shape index (κ2) is 5.39. The molecule has 0 aliphatic heterocycles. The smallest absolute Gasteiger partial charge is 0.197 e. The van der Waals surface area contributed by atoms with Gasteiger partial charge < -0.3 is 0 Å². The first-order valence-electron chi connectivity index (χ1n) is 5.54. The lowest BCUT2D eigenvalue weighted by Gasteiger charge is -2.07. The van der Waals surface area contributed by atoms with E-state index in [1.807, 2.05) is 30.3 Å². The van der Waals surface area contributed by atoms with E-state index in [4.69, 9.17) is 0 Å². The van der Waals surface area contributed by atoms with Crippen LogP contribution in [0.15, 0.2) is 60.7 Å². The summed E-state index contributed by atoms with van der Waals surface area (Å²) >= 11 is 0. The molecule has 0 amide bonds. The van der Waals surface area contributed by atoms with Crippen LogP contribution in [0.25, 0.3) is 0 Å². The third-order valence-corrected chi connectivity index (χ3v) is 2.60. The van der Waals surface area contributed by atoms with E-state index in [0.717, 1.165) is 5.56 Å². The largest absolute Gasteiger partial charge is 0.291 e. The fraction of sp³-hybridized carbons (Fsp3) is 0.133. The minimum Gasteiger partial charge on any atom is -0.291 e. The van der Waals surface area contributed by atoms with Crippen LogP contribution < -0.4 is 0 Å². The zero-order chi connectivity index (χ0) is 12.1. The van der Waals surface area contributed by atoms with Crippen molar-refractivity contribution in [3.8, 4) is 0 Å². The van der Waals surface area contributed by atoms with E-state index in [2.05, 4.69) is 0 Å². The molecule has 0 aromatic heterocycles. The standard InChI is InChI=1S/C15H13FO/c16-14(11-12-7-3-1-4-8-12)15(17)13-9-5-2-6-10-13/h1-10,14H,11H2/t14-/m0/s1. The van der Waals surface area contributed by atoms with Crippen LogP contribution in [0.3, 0.4) is 0 Å². The van der Waals surface area contributed by atoms with Gasteiger partial charge in [0.1, 0.15) is 0 Å². The lowest BCUT2D eigenvalue weighted by molar-refractivity contribution is 0.0877. The van der Waals surface area contributed by atoms with E-state index in [0.29, 0.717) is 5.56 Å². The molecule has 2 aromatic carbocycles. The molecule has 1 nitrogen and oxygen atoms in total. The van der Waals surface area contributed by atoms with Crippen LogP contribution in [0.5, 0.6) is 0 Å². The van der Waals surface area contributed by atoms with Gasteiger partial charge in [-0.15, -0.1) is 0 Å². The Labute approximate surface area is 99.9 Å². The second-order valence-corrected chi connectivity index (χ2v) is 3.89. The van der Waals surface area contributed by atoms with E-state index < -0.39 is 12.0 Å². The van der Waals surface area contributed by atoms with Crippen molar-refractivity contribution < 1.29 is 9.18 Å². The summed E-state index contributed by atoms with van der Waals surface area (Å²) < 4.78 is 13.8. The first-order valence-corrected chi connectivity index (χ1v) is 5.54. The molecule has 0 spiro atoms. The summed E-state index contributed by atoms with van der Waals surface area (Å²) in [5, 5.41) is 0. The number of Topliss-reactive ketones (excluding diaryl/α,β-unsaturated/α-hetero) is 1. The molecule has 0 N–H and O–H groups in total. The third-order valence-electron chi connectivity index (χ3n) is 2.60. The van der Waals surface area contributed by atoms with Crippen molar-refractivity contribution in [2.45, 2.75) is 12.6 Å². The highest BCUT2D eigenvalue weighted by Crippen LogP contribution is 2.11. The van der Waals surface area contributed by atoms with E-state index in [-0.39, 0.29) is 6.42 Å². The molecule has 1 atom stereocenters. The van der Waals surface area contributed by atoms with Gasteiger partial charge in [-0.3, -0.25) is 4.79 Å². The predicted octanol–water partition coefficient (Wildman–Crippen LogP) is 3.45.